The predicted octanol–water partition coefficient (Wildman–Crippen LogP) is 3.16. The molecule has 8 heteroatoms. The van der Waals surface area contributed by atoms with Crippen LogP contribution in [0.15, 0.2) is 48.0 Å². The van der Waals surface area contributed by atoms with Crippen molar-refractivity contribution in [2.45, 2.75) is 19.4 Å². The van der Waals surface area contributed by atoms with Gasteiger partial charge in [0.05, 0.1) is 39.0 Å². The van der Waals surface area contributed by atoms with Gasteiger partial charge in [-0.1, -0.05) is 18.2 Å². The molecule has 2 aliphatic heterocycles. The molecule has 0 aromatic heterocycles. The zero-order valence-corrected chi connectivity index (χ0v) is 20.5. The number of carbonyl (C=O) groups excluding carboxylic acids is 2. The van der Waals surface area contributed by atoms with E-state index in [4.69, 9.17) is 14.2 Å². The highest BCUT2D eigenvalue weighted by atomic mass is 16.5. The maximum atomic E-state index is 13.3. The molecule has 2 heterocycles. The van der Waals surface area contributed by atoms with E-state index in [0.717, 1.165) is 25.2 Å². The molecule has 0 radical (unpaired) electrons. The van der Waals surface area contributed by atoms with E-state index in [9.17, 15) is 14.7 Å². The van der Waals surface area contributed by atoms with Crippen LogP contribution in [0.1, 0.15) is 29.2 Å². The molecule has 1 amide bonds. The number of amides is 1. The van der Waals surface area contributed by atoms with Gasteiger partial charge in [0.25, 0.3) is 11.7 Å². The number of likely N-dealkylation sites (tertiary alicyclic amines) is 1. The highest BCUT2D eigenvalue weighted by molar-refractivity contribution is 6.46. The van der Waals surface area contributed by atoms with Crippen molar-refractivity contribution < 1.29 is 28.9 Å². The van der Waals surface area contributed by atoms with Gasteiger partial charge in [-0.2, -0.15) is 0 Å². The number of para-hydroxylation sites is 1. The quantitative estimate of drug-likeness (QED) is 0.353. The number of rotatable bonds is 8. The first-order valence-electron chi connectivity index (χ1n) is 11.8. The highest BCUT2D eigenvalue weighted by Gasteiger charge is 2.46. The third-order valence-corrected chi connectivity index (χ3v) is 6.62. The number of aliphatic hydroxyl groups excluding tert-OH is 1. The SMILES string of the molecule is COc1ccc(/C(O)=C2\C(=O)C(=O)N(CCCN3CCOCC3)C2c2ccccc2OC)cc1C. The largest absolute Gasteiger partial charge is 0.507 e. The van der Waals surface area contributed by atoms with Crippen molar-refractivity contribution in [2.75, 3.05) is 53.6 Å². The Kier molecular flexibility index (Phi) is 7.73. The van der Waals surface area contributed by atoms with Gasteiger partial charge in [-0.05, 0) is 43.2 Å². The van der Waals surface area contributed by atoms with Crippen LogP contribution in [0.5, 0.6) is 11.5 Å². The van der Waals surface area contributed by atoms with Crippen molar-refractivity contribution in [1.82, 2.24) is 9.80 Å². The molecule has 8 nitrogen and oxygen atoms in total. The van der Waals surface area contributed by atoms with Gasteiger partial charge in [-0.15, -0.1) is 0 Å². The van der Waals surface area contributed by atoms with Gasteiger partial charge in [0.15, 0.2) is 0 Å². The highest BCUT2D eigenvalue weighted by Crippen LogP contribution is 2.43. The summed E-state index contributed by atoms with van der Waals surface area (Å²) in [6, 6.07) is 11.7. The average molecular weight is 481 g/mol. The summed E-state index contributed by atoms with van der Waals surface area (Å²) in [6.07, 6.45) is 0.695. The van der Waals surface area contributed by atoms with Crippen LogP contribution in [0.25, 0.3) is 5.76 Å². The van der Waals surface area contributed by atoms with Gasteiger partial charge >= 0.3 is 0 Å². The zero-order chi connectivity index (χ0) is 24.9. The maximum absolute atomic E-state index is 13.3. The molecule has 1 atom stereocenters. The van der Waals surface area contributed by atoms with Gasteiger partial charge < -0.3 is 24.2 Å². The lowest BCUT2D eigenvalue weighted by atomic mass is 9.94. The molecule has 35 heavy (non-hydrogen) atoms. The minimum Gasteiger partial charge on any atom is -0.507 e. The number of aliphatic hydroxyl groups is 1. The summed E-state index contributed by atoms with van der Waals surface area (Å²) in [7, 11) is 3.13. The number of aryl methyl sites for hydroxylation is 1. The van der Waals surface area contributed by atoms with Crippen molar-refractivity contribution in [3.63, 3.8) is 0 Å². The molecule has 186 valence electrons. The van der Waals surface area contributed by atoms with Crippen LogP contribution < -0.4 is 9.47 Å². The number of methoxy groups -OCH3 is 2. The van der Waals surface area contributed by atoms with Crippen LogP contribution in [-0.2, 0) is 14.3 Å². The Morgan fingerprint density at radius 2 is 1.74 bits per heavy atom. The number of ketones is 1. The monoisotopic (exact) mass is 480 g/mol. The number of carbonyl (C=O) groups is 2. The fourth-order valence-electron chi connectivity index (χ4n) is 4.80. The average Bonchev–Trinajstić information content (AvgIpc) is 3.13. The maximum Gasteiger partial charge on any atom is 0.295 e. The van der Waals surface area contributed by atoms with Gasteiger partial charge in [-0.3, -0.25) is 14.5 Å². The first-order chi connectivity index (χ1) is 17.0. The minimum absolute atomic E-state index is 0.0652. The summed E-state index contributed by atoms with van der Waals surface area (Å²) in [4.78, 5) is 30.4. The van der Waals surface area contributed by atoms with E-state index in [0.29, 0.717) is 48.8 Å². The first kappa shape index (κ1) is 24.8. The Balaban J connectivity index is 1.72. The lowest BCUT2D eigenvalue weighted by molar-refractivity contribution is -0.140. The van der Waals surface area contributed by atoms with Gasteiger partial charge in [0.1, 0.15) is 17.3 Å². The van der Waals surface area contributed by atoms with E-state index in [1.54, 1.807) is 43.4 Å². The van der Waals surface area contributed by atoms with Crippen LogP contribution in [-0.4, -0.2) is 80.2 Å². The minimum atomic E-state index is -0.752. The van der Waals surface area contributed by atoms with E-state index in [-0.39, 0.29) is 11.3 Å². The third kappa shape index (κ3) is 5.04. The summed E-state index contributed by atoms with van der Waals surface area (Å²) in [5.74, 6) is -0.297. The number of Topliss-reactive ketones (excluding diaryl/α,β-unsaturated/α-hetero) is 1. The number of nitrogens with zero attached hydrogens (tertiary/aromatic N) is 2. The zero-order valence-electron chi connectivity index (χ0n) is 20.5. The number of morpholine rings is 1. The summed E-state index contributed by atoms with van der Waals surface area (Å²) in [5, 5.41) is 11.3. The van der Waals surface area contributed by atoms with Gasteiger partial charge in [0, 0.05) is 37.3 Å². The molecule has 0 spiro atoms. The standard InChI is InChI=1S/C27H32N2O6/c1-18-17-19(9-10-21(18)33-2)25(30)23-24(20-7-4-5-8-22(20)34-3)29(27(32)26(23)31)12-6-11-28-13-15-35-16-14-28/h4-5,7-10,17,24,30H,6,11-16H2,1-3H3/b25-23+. The normalized spacial score (nSPS) is 20.3. The molecular weight excluding hydrogens is 448 g/mol. The second-order valence-corrected chi connectivity index (χ2v) is 8.73. The predicted molar refractivity (Wildman–Crippen MR) is 132 cm³/mol. The van der Waals surface area contributed by atoms with Crippen molar-refractivity contribution in [2.24, 2.45) is 0 Å². The van der Waals surface area contributed by atoms with E-state index in [1.807, 2.05) is 25.1 Å². The smallest absolute Gasteiger partial charge is 0.295 e. The summed E-state index contributed by atoms with van der Waals surface area (Å²) < 4.78 is 16.3. The Morgan fingerprint density at radius 3 is 2.43 bits per heavy atom. The second kappa shape index (κ2) is 10.9. The van der Waals surface area contributed by atoms with Crippen molar-refractivity contribution in [1.29, 1.82) is 0 Å². The topological polar surface area (TPSA) is 88.5 Å². The Labute approximate surface area is 205 Å². The van der Waals surface area contributed by atoms with Crippen LogP contribution >= 0.6 is 0 Å². The molecule has 0 aliphatic carbocycles. The van der Waals surface area contributed by atoms with Crippen LogP contribution in [0.3, 0.4) is 0 Å². The van der Waals surface area contributed by atoms with E-state index < -0.39 is 17.7 Å². The molecule has 2 saturated heterocycles. The first-order valence-corrected chi connectivity index (χ1v) is 11.8. The molecule has 2 aromatic carbocycles. The molecular formula is C27H32N2O6. The molecule has 2 fully saturated rings. The Hall–Kier alpha value is -3.36. The van der Waals surface area contributed by atoms with Crippen LogP contribution in [0.2, 0.25) is 0 Å². The third-order valence-electron chi connectivity index (χ3n) is 6.62. The molecule has 2 aliphatic rings. The van der Waals surface area contributed by atoms with Gasteiger partial charge in [0.2, 0.25) is 0 Å². The van der Waals surface area contributed by atoms with Crippen molar-refractivity contribution in [3.05, 3.63) is 64.7 Å². The molecule has 1 unspecified atom stereocenters. The summed E-state index contributed by atoms with van der Waals surface area (Å²) >= 11 is 0. The second-order valence-electron chi connectivity index (χ2n) is 8.73. The fraction of sp³-hybridized carbons (Fsp3) is 0.407. The lowest BCUT2D eigenvalue weighted by Gasteiger charge is -2.29. The lowest BCUT2D eigenvalue weighted by Crippen LogP contribution is -2.39. The van der Waals surface area contributed by atoms with E-state index >= 15 is 0 Å². The van der Waals surface area contributed by atoms with Crippen molar-refractivity contribution >= 4 is 17.4 Å². The summed E-state index contributed by atoms with van der Waals surface area (Å²) in [5.41, 5.74) is 1.99. The van der Waals surface area contributed by atoms with Crippen LogP contribution in [0.4, 0.5) is 0 Å². The van der Waals surface area contributed by atoms with E-state index in [2.05, 4.69) is 4.90 Å². The molecule has 1 N–H and O–H groups in total. The van der Waals surface area contributed by atoms with E-state index in [1.165, 1.54) is 0 Å². The molecule has 0 bridgehead atoms. The molecule has 0 saturated carbocycles. The number of benzene rings is 2. The van der Waals surface area contributed by atoms with Crippen LogP contribution in [0, 0.1) is 6.92 Å². The molecule has 2 aromatic rings. The number of hydrogen-bond donors (Lipinski definition) is 1. The van der Waals surface area contributed by atoms with Gasteiger partial charge in [-0.25, -0.2) is 0 Å². The Morgan fingerprint density at radius 1 is 1.03 bits per heavy atom. The Bertz CT molecular complexity index is 1120. The number of hydrogen-bond acceptors (Lipinski definition) is 7. The summed E-state index contributed by atoms with van der Waals surface area (Å²) in [6.45, 7) is 6.14. The number of ether oxygens (including phenoxy) is 3. The molecule has 4 rings (SSSR count). The van der Waals surface area contributed by atoms with Crippen molar-refractivity contribution in [3.8, 4) is 11.5 Å². The fourth-order valence-corrected chi connectivity index (χ4v) is 4.80.